The molecule has 4 rings (SSSR count). The molecule has 1 aliphatic rings. The SMILES string of the molecule is COc1ccccc1-n1ccc(C)c(C(=O)NC2CC(OCc3ccccc3)C2)c1=O. The maximum atomic E-state index is 13.1. The largest absolute Gasteiger partial charge is 0.495 e. The van der Waals surface area contributed by atoms with Gasteiger partial charge in [-0.3, -0.25) is 14.2 Å². The maximum Gasteiger partial charge on any atom is 0.268 e. The van der Waals surface area contributed by atoms with E-state index in [1.807, 2.05) is 42.5 Å². The van der Waals surface area contributed by atoms with Crippen LogP contribution in [-0.4, -0.2) is 29.7 Å². The highest BCUT2D eigenvalue weighted by Gasteiger charge is 2.32. The Morgan fingerprint density at radius 1 is 1.06 bits per heavy atom. The second-order valence-corrected chi connectivity index (χ2v) is 7.78. The van der Waals surface area contributed by atoms with Crippen LogP contribution in [-0.2, 0) is 11.3 Å². The number of nitrogens with one attached hydrogen (secondary N) is 1. The average Bonchev–Trinajstić information content (AvgIpc) is 2.76. The topological polar surface area (TPSA) is 69.6 Å². The molecule has 1 heterocycles. The van der Waals surface area contributed by atoms with Crippen molar-refractivity contribution in [1.82, 2.24) is 9.88 Å². The first kappa shape index (κ1) is 20.9. The molecular formula is C25H26N2O4. The van der Waals surface area contributed by atoms with Crippen molar-refractivity contribution in [3.63, 3.8) is 0 Å². The molecule has 1 aromatic heterocycles. The van der Waals surface area contributed by atoms with Crippen molar-refractivity contribution in [1.29, 1.82) is 0 Å². The fourth-order valence-corrected chi connectivity index (χ4v) is 3.79. The molecule has 3 aromatic rings. The molecule has 31 heavy (non-hydrogen) atoms. The number of carbonyl (C=O) groups excluding carboxylic acids is 1. The van der Waals surface area contributed by atoms with E-state index in [4.69, 9.17) is 9.47 Å². The van der Waals surface area contributed by atoms with Gasteiger partial charge in [-0.1, -0.05) is 42.5 Å². The highest BCUT2D eigenvalue weighted by molar-refractivity contribution is 5.95. The predicted octanol–water partition coefficient (Wildman–Crippen LogP) is 3.63. The number of pyridine rings is 1. The van der Waals surface area contributed by atoms with Gasteiger partial charge in [-0.15, -0.1) is 0 Å². The standard InChI is InChI=1S/C25H26N2O4/c1-17-12-13-27(21-10-6-7-11-22(21)30-2)25(29)23(17)24(28)26-19-14-20(15-19)31-16-18-8-4-3-5-9-18/h3-13,19-20H,14-16H2,1-2H3,(H,26,28). The Hall–Kier alpha value is -3.38. The molecule has 1 saturated carbocycles. The van der Waals surface area contributed by atoms with Crippen molar-refractivity contribution in [2.45, 2.75) is 38.5 Å². The first-order valence-corrected chi connectivity index (χ1v) is 10.4. The maximum absolute atomic E-state index is 13.1. The van der Waals surface area contributed by atoms with Crippen molar-refractivity contribution in [2.75, 3.05) is 7.11 Å². The minimum atomic E-state index is -0.363. The van der Waals surface area contributed by atoms with Gasteiger partial charge in [0.2, 0.25) is 0 Å². The van der Waals surface area contributed by atoms with Gasteiger partial charge in [0.25, 0.3) is 11.5 Å². The zero-order chi connectivity index (χ0) is 21.8. The number of hydrogen-bond acceptors (Lipinski definition) is 4. The van der Waals surface area contributed by atoms with Gasteiger partial charge in [0.1, 0.15) is 11.3 Å². The summed E-state index contributed by atoms with van der Waals surface area (Å²) in [6, 6.07) is 19.0. The number of nitrogens with zero attached hydrogens (tertiary/aromatic N) is 1. The Labute approximate surface area is 181 Å². The number of hydrogen-bond donors (Lipinski definition) is 1. The van der Waals surface area contributed by atoms with Crippen molar-refractivity contribution in [3.05, 3.63) is 93.9 Å². The van der Waals surface area contributed by atoms with Crippen LogP contribution in [0.4, 0.5) is 0 Å². The van der Waals surface area contributed by atoms with E-state index >= 15 is 0 Å². The molecule has 1 amide bonds. The Balaban J connectivity index is 1.42. The van der Waals surface area contributed by atoms with E-state index in [0.717, 1.165) is 18.4 Å². The average molecular weight is 418 g/mol. The van der Waals surface area contributed by atoms with Crippen LogP contribution in [0, 0.1) is 6.92 Å². The lowest BCUT2D eigenvalue weighted by molar-refractivity contribution is -0.0251. The molecule has 0 radical (unpaired) electrons. The number of carbonyl (C=O) groups is 1. The first-order valence-electron chi connectivity index (χ1n) is 10.4. The van der Waals surface area contributed by atoms with Gasteiger partial charge in [-0.05, 0) is 49.1 Å². The van der Waals surface area contributed by atoms with E-state index in [-0.39, 0.29) is 29.2 Å². The van der Waals surface area contributed by atoms with Crippen LogP contribution in [0.5, 0.6) is 5.75 Å². The van der Waals surface area contributed by atoms with Crippen LogP contribution in [0.1, 0.15) is 34.3 Å². The van der Waals surface area contributed by atoms with Crippen LogP contribution in [0.3, 0.4) is 0 Å². The lowest BCUT2D eigenvalue weighted by atomic mass is 9.89. The van der Waals surface area contributed by atoms with E-state index in [1.165, 1.54) is 4.57 Å². The number of methoxy groups -OCH3 is 1. The van der Waals surface area contributed by atoms with E-state index < -0.39 is 0 Å². The second kappa shape index (κ2) is 9.18. The molecule has 6 nitrogen and oxygen atoms in total. The second-order valence-electron chi connectivity index (χ2n) is 7.78. The number of ether oxygens (including phenoxy) is 2. The van der Waals surface area contributed by atoms with Gasteiger partial charge in [0.15, 0.2) is 0 Å². The minimum absolute atomic E-state index is 0.00647. The zero-order valence-electron chi connectivity index (χ0n) is 17.7. The molecule has 0 spiro atoms. The van der Waals surface area contributed by atoms with Crippen molar-refractivity contribution < 1.29 is 14.3 Å². The third-order valence-electron chi connectivity index (χ3n) is 5.63. The number of rotatable bonds is 7. The summed E-state index contributed by atoms with van der Waals surface area (Å²) >= 11 is 0. The summed E-state index contributed by atoms with van der Waals surface area (Å²) in [5.41, 5.74) is 2.17. The lowest BCUT2D eigenvalue weighted by Gasteiger charge is -2.35. The van der Waals surface area contributed by atoms with E-state index in [1.54, 1.807) is 38.4 Å². The molecule has 6 heteroatoms. The zero-order valence-corrected chi connectivity index (χ0v) is 17.7. The molecule has 1 N–H and O–H groups in total. The summed E-state index contributed by atoms with van der Waals surface area (Å²) in [6.07, 6.45) is 3.27. The van der Waals surface area contributed by atoms with Gasteiger partial charge in [0, 0.05) is 12.2 Å². The molecular weight excluding hydrogens is 392 g/mol. The van der Waals surface area contributed by atoms with E-state index in [2.05, 4.69) is 5.32 Å². The lowest BCUT2D eigenvalue weighted by Crippen LogP contribution is -2.49. The first-order chi connectivity index (χ1) is 15.1. The van der Waals surface area contributed by atoms with Gasteiger partial charge >= 0.3 is 0 Å². The summed E-state index contributed by atoms with van der Waals surface area (Å²) in [5, 5.41) is 2.99. The molecule has 0 unspecified atom stereocenters. The Kier molecular flexibility index (Phi) is 6.18. The molecule has 0 bridgehead atoms. The molecule has 0 atom stereocenters. The number of aryl methyl sites for hydroxylation is 1. The number of benzene rings is 2. The minimum Gasteiger partial charge on any atom is -0.495 e. The highest BCUT2D eigenvalue weighted by Crippen LogP contribution is 2.25. The molecule has 0 saturated heterocycles. The van der Waals surface area contributed by atoms with Gasteiger partial charge in [-0.2, -0.15) is 0 Å². The molecule has 0 aliphatic heterocycles. The summed E-state index contributed by atoms with van der Waals surface area (Å²) in [4.78, 5) is 26.1. The summed E-state index contributed by atoms with van der Waals surface area (Å²) in [5.74, 6) is 0.218. The molecule has 1 aliphatic carbocycles. The summed E-state index contributed by atoms with van der Waals surface area (Å²) in [6.45, 7) is 2.34. The fourth-order valence-electron chi connectivity index (χ4n) is 3.79. The third-order valence-corrected chi connectivity index (χ3v) is 5.63. The number of aromatic nitrogens is 1. The summed E-state index contributed by atoms with van der Waals surface area (Å²) < 4.78 is 12.7. The van der Waals surface area contributed by atoms with Crippen LogP contribution < -0.4 is 15.6 Å². The van der Waals surface area contributed by atoms with Crippen molar-refractivity contribution in [3.8, 4) is 11.4 Å². The van der Waals surface area contributed by atoms with Crippen molar-refractivity contribution in [2.24, 2.45) is 0 Å². The highest BCUT2D eigenvalue weighted by atomic mass is 16.5. The molecule has 2 aromatic carbocycles. The Bertz CT molecular complexity index is 1120. The summed E-state index contributed by atoms with van der Waals surface area (Å²) in [7, 11) is 1.55. The fraction of sp³-hybridized carbons (Fsp3) is 0.280. The van der Waals surface area contributed by atoms with E-state index in [9.17, 15) is 9.59 Å². The quantitative estimate of drug-likeness (QED) is 0.636. The van der Waals surface area contributed by atoms with E-state index in [0.29, 0.717) is 23.6 Å². The van der Waals surface area contributed by atoms with Crippen LogP contribution in [0.25, 0.3) is 5.69 Å². The van der Waals surface area contributed by atoms with Crippen LogP contribution in [0.15, 0.2) is 71.7 Å². The van der Waals surface area contributed by atoms with Gasteiger partial charge < -0.3 is 14.8 Å². The van der Waals surface area contributed by atoms with Gasteiger partial charge in [0.05, 0.1) is 25.5 Å². The predicted molar refractivity (Wildman–Crippen MR) is 119 cm³/mol. The monoisotopic (exact) mass is 418 g/mol. The Morgan fingerprint density at radius 3 is 2.52 bits per heavy atom. The van der Waals surface area contributed by atoms with Gasteiger partial charge in [-0.25, -0.2) is 0 Å². The number of para-hydroxylation sites is 2. The number of amides is 1. The molecule has 160 valence electrons. The van der Waals surface area contributed by atoms with Crippen LogP contribution >= 0.6 is 0 Å². The Morgan fingerprint density at radius 2 is 1.77 bits per heavy atom. The van der Waals surface area contributed by atoms with Crippen LogP contribution in [0.2, 0.25) is 0 Å². The van der Waals surface area contributed by atoms with Crippen molar-refractivity contribution >= 4 is 5.91 Å². The normalized spacial score (nSPS) is 17.6. The third kappa shape index (κ3) is 4.54. The smallest absolute Gasteiger partial charge is 0.268 e. The molecule has 1 fully saturated rings.